The van der Waals surface area contributed by atoms with Gasteiger partial charge in [0.05, 0.1) is 6.54 Å². The lowest BCUT2D eigenvalue weighted by atomic mass is 10.1. The molecule has 1 N–H and O–H groups in total. The van der Waals surface area contributed by atoms with Gasteiger partial charge in [0.25, 0.3) is 0 Å². The molecular formula is C22H26N4O2. The van der Waals surface area contributed by atoms with Crippen molar-refractivity contribution >= 4 is 11.6 Å². The van der Waals surface area contributed by atoms with E-state index in [1.54, 1.807) is 0 Å². The quantitative estimate of drug-likeness (QED) is 0.613. The highest BCUT2D eigenvalue weighted by Crippen LogP contribution is 2.16. The molecule has 0 spiro atoms. The van der Waals surface area contributed by atoms with E-state index in [9.17, 15) is 4.79 Å². The van der Waals surface area contributed by atoms with Gasteiger partial charge in [-0.25, -0.2) is 0 Å². The predicted octanol–water partition coefficient (Wildman–Crippen LogP) is 3.80. The third-order valence-electron chi connectivity index (χ3n) is 4.52. The van der Waals surface area contributed by atoms with Crippen LogP contribution in [0.15, 0.2) is 59.1 Å². The molecule has 0 aliphatic rings. The lowest BCUT2D eigenvalue weighted by Gasteiger charge is -2.16. The van der Waals surface area contributed by atoms with Crippen molar-refractivity contribution in [2.45, 2.75) is 26.2 Å². The first kappa shape index (κ1) is 19.8. The van der Waals surface area contributed by atoms with Gasteiger partial charge in [0.1, 0.15) is 0 Å². The number of hydrogen-bond acceptors (Lipinski definition) is 5. The number of carbonyl (C=O) groups is 1. The fourth-order valence-corrected chi connectivity index (χ4v) is 3.03. The topological polar surface area (TPSA) is 71.3 Å². The molecular weight excluding hydrogens is 352 g/mol. The van der Waals surface area contributed by atoms with Crippen LogP contribution in [0.2, 0.25) is 0 Å². The summed E-state index contributed by atoms with van der Waals surface area (Å²) in [5.74, 6) is 1.22. The summed E-state index contributed by atoms with van der Waals surface area (Å²) < 4.78 is 5.33. The molecule has 0 bridgehead atoms. The number of carbonyl (C=O) groups excluding carboxylic acids is 1. The summed E-state index contributed by atoms with van der Waals surface area (Å²) in [4.78, 5) is 18.7. The molecule has 1 heterocycles. The van der Waals surface area contributed by atoms with Gasteiger partial charge in [0, 0.05) is 17.7 Å². The molecule has 1 aromatic heterocycles. The smallest absolute Gasteiger partial charge is 0.238 e. The van der Waals surface area contributed by atoms with Gasteiger partial charge in [-0.2, -0.15) is 4.98 Å². The zero-order chi connectivity index (χ0) is 19.8. The van der Waals surface area contributed by atoms with E-state index in [0.717, 1.165) is 36.2 Å². The van der Waals surface area contributed by atoms with E-state index in [0.29, 0.717) is 24.7 Å². The lowest BCUT2D eigenvalue weighted by molar-refractivity contribution is -0.117. The lowest BCUT2D eigenvalue weighted by Crippen LogP contribution is -2.31. The summed E-state index contributed by atoms with van der Waals surface area (Å²) in [6.45, 7) is 3.20. The molecule has 146 valence electrons. The summed E-state index contributed by atoms with van der Waals surface area (Å²) in [6, 6.07) is 17.7. The van der Waals surface area contributed by atoms with Gasteiger partial charge in [0.2, 0.25) is 17.6 Å². The zero-order valence-electron chi connectivity index (χ0n) is 16.4. The van der Waals surface area contributed by atoms with E-state index in [1.165, 1.54) is 0 Å². The van der Waals surface area contributed by atoms with Crippen LogP contribution in [0.1, 0.15) is 24.8 Å². The standard InChI is InChI=1S/C22H26N4O2/c1-3-17-10-7-8-13-19(17)23-20(27)16-26(2)15-9-14-21-24-22(25-28-21)18-11-5-4-6-12-18/h4-8,10-13H,3,9,14-16H2,1-2H3,(H,23,27). The predicted molar refractivity (Wildman–Crippen MR) is 110 cm³/mol. The number of benzene rings is 2. The number of aryl methyl sites for hydroxylation is 2. The first-order valence-electron chi connectivity index (χ1n) is 9.60. The molecule has 28 heavy (non-hydrogen) atoms. The van der Waals surface area contributed by atoms with E-state index >= 15 is 0 Å². The fourth-order valence-electron chi connectivity index (χ4n) is 3.03. The van der Waals surface area contributed by atoms with Crippen molar-refractivity contribution in [1.82, 2.24) is 15.0 Å². The Balaban J connectivity index is 1.43. The highest BCUT2D eigenvalue weighted by Gasteiger charge is 2.11. The van der Waals surface area contributed by atoms with Crippen LogP contribution in [0.5, 0.6) is 0 Å². The maximum Gasteiger partial charge on any atom is 0.238 e. The van der Waals surface area contributed by atoms with Crippen molar-refractivity contribution in [2.24, 2.45) is 0 Å². The Bertz CT molecular complexity index is 892. The average Bonchev–Trinajstić information content (AvgIpc) is 3.18. The molecule has 6 heteroatoms. The van der Waals surface area contributed by atoms with Crippen LogP contribution in [0.4, 0.5) is 5.69 Å². The van der Waals surface area contributed by atoms with Crippen molar-refractivity contribution in [3.8, 4) is 11.4 Å². The molecule has 2 aromatic carbocycles. The number of rotatable bonds is 9. The first-order valence-corrected chi connectivity index (χ1v) is 9.60. The highest BCUT2D eigenvalue weighted by molar-refractivity contribution is 5.92. The second-order valence-corrected chi connectivity index (χ2v) is 6.78. The molecule has 0 fully saturated rings. The fraction of sp³-hybridized carbons (Fsp3) is 0.318. The van der Waals surface area contributed by atoms with Crippen LogP contribution in [0, 0.1) is 0 Å². The van der Waals surface area contributed by atoms with E-state index in [2.05, 4.69) is 22.4 Å². The zero-order valence-corrected chi connectivity index (χ0v) is 16.4. The van der Waals surface area contributed by atoms with E-state index < -0.39 is 0 Å². The van der Waals surface area contributed by atoms with Gasteiger partial charge in [-0.1, -0.05) is 60.6 Å². The van der Waals surface area contributed by atoms with Crippen LogP contribution < -0.4 is 5.32 Å². The number of para-hydroxylation sites is 1. The van der Waals surface area contributed by atoms with Gasteiger partial charge < -0.3 is 9.84 Å². The van der Waals surface area contributed by atoms with Crippen LogP contribution in [0.3, 0.4) is 0 Å². The van der Waals surface area contributed by atoms with E-state index in [4.69, 9.17) is 4.52 Å². The molecule has 3 aromatic rings. The Hall–Kier alpha value is -2.99. The summed E-state index contributed by atoms with van der Waals surface area (Å²) in [6.07, 6.45) is 2.41. The summed E-state index contributed by atoms with van der Waals surface area (Å²) >= 11 is 0. The number of aromatic nitrogens is 2. The Labute approximate surface area is 165 Å². The molecule has 0 radical (unpaired) electrons. The summed E-state index contributed by atoms with van der Waals surface area (Å²) in [7, 11) is 1.94. The molecule has 6 nitrogen and oxygen atoms in total. The van der Waals surface area contributed by atoms with Gasteiger partial charge in [0.15, 0.2) is 0 Å². The largest absolute Gasteiger partial charge is 0.339 e. The molecule has 0 aliphatic carbocycles. The molecule has 0 saturated carbocycles. The van der Waals surface area contributed by atoms with Crippen molar-refractivity contribution < 1.29 is 9.32 Å². The molecule has 0 aliphatic heterocycles. The van der Waals surface area contributed by atoms with Gasteiger partial charge in [-0.15, -0.1) is 0 Å². The minimum absolute atomic E-state index is 0.00689. The Kier molecular flexibility index (Phi) is 6.92. The van der Waals surface area contributed by atoms with Crippen molar-refractivity contribution in [1.29, 1.82) is 0 Å². The van der Waals surface area contributed by atoms with Crippen LogP contribution in [-0.4, -0.2) is 41.1 Å². The van der Waals surface area contributed by atoms with Crippen molar-refractivity contribution in [2.75, 3.05) is 25.5 Å². The second-order valence-electron chi connectivity index (χ2n) is 6.78. The molecule has 0 atom stereocenters. The minimum atomic E-state index is -0.00689. The minimum Gasteiger partial charge on any atom is -0.339 e. The number of nitrogens with zero attached hydrogens (tertiary/aromatic N) is 3. The Morgan fingerprint density at radius 2 is 1.86 bits per heavy atom. The molecule has 1 amide bonds. The number of anilines is 1. The van der Waals surface area contributed by atoms with E-state index in [1.807, 2.05) is 66.5 Å². The first-order chi connectivity index (χ1) is 13.7. The summed E-state index contributed by atoms with van der Waals surface area (Å²) in [5, 5.41) is 7.03. The summed E-state index contributed by atoms with van der Waals surface area (Å²) in [5.41, 5.74) is 2.98. The highest BCUT2D eigenvalue weighted by atomic mass is 16.5. The maximum atomic E-state index is 12.3. The van der Waals surface area contributed by atoms with Crippen LogP contribution in [0.25, 0.3) is 11.4 Å². The van der Waals surface area contributed by atoms with Crippen molar-refractivity contribution in [3.63, 3.8) is 0 Å². The maximum absolute atomic E-state index is 12.3. The average molecular weight is 378 g/mol. The van der Waals surface area contributed by atoms with Gasteiger partial charge >= 0.3 is 0 Å². The number of amides is 1. The van der Waals surface area contributed by atoms with E-state index in [-0.39, 0.29) is 5.91 Å². The number of nitrogens with one attached hydrogen (secondary N) is 1. The second kappa shape index (κ2) is 9.80. The van der Waals surface area contributed by atoms with Crippen LogP contribution >= 0.6 is 0 Å². The van der Waals surface area contributed by atoms with Gasteiger partial charge in [-0.3, -0.25) is 9.69 Å². The van der Waals surface area contributed by atoms with Gasteiger partial charge in [-0.05, 0) is 38.1 Å². The third kappa shape index (κ3) is 5.50. The Morgan fingerprint density at radius 1 is 1.11 bits per heavy atom. The van der Waals surface area contributed by atoms with Crippen LogP contribution in [-0.2, 0) is 17.6 Å². The number of hydrogen-bond donors (Lipinski definition) is 1. The molecule has 3 rings (SSSR count). The monoisotopic (exact) mass is 378 g/mol. The molecule has 0 unspecified atom stereocenters. The Morgan fingerprint density at radius 3 is 2.64 bits per heavy atom. The third-order valence-corrected chi connectivity index (χ3v) is 4.52. The SMILES string of the molecule is CCc1ccccc1NC(=O)CN(C)CCCc1nc(-c2ccccc2)no1. The number of likely N-dealkylation sites (N-methyl/N-ethyl adjacent to an activating group) is 1. The van der Waals surface area contributed by atoms with Crippen molar-refractivity contribution in [3.05, 3.63) is 66.1 Å². The molecule has 0 saturated heterocycles. The normalized spacial score (nSPS) is 11.0.